The number of rotatable bonds is 4. The minimum Gasteiger partial charge on any atom is -0.316 e. The van der Waals surface area contributed by atoms with Crippen LogP contribution in [0, 0.1) is 5.95 Å². The molecule has 0 spiro atoms. The number of carbonyl (C=O) groups is 1. The molecule has 4 heteroatoms. The third kappa shape index (κ3) is 2.74. The lowest BCUT2D eigenvalue weighted by molar-refractivity contribution is 0.111. The van der Waals surface area contributed by atoms with Crippen LogP contribution in [0.1, 0.15) is 15.9 Å². The second-order valence-electron chi connectivity index (χ2n) is 2.73. The van der Waals surface area contributed by atoms with Gasteiger partial charge >= 0.3 is 0 Å². The Morgan fingerprint density at radius 3 is 3.07 bits per heavy atom. The molecule has 1 aromatic rings. The molecular weight excluding hydrogens is 183 g/mol. The van der Waals surface area contributed by atoms with E-state index in [1.165, 1.54) is 12.3 Å². The Bertz CT molecular complexity index is 350. The first kappa shape index (κ1) is 10.5. The van der Waals surface area contributed by atoms with Crippen molar-refractivity contribution in [3.8, 4) is 0 Å². The van der Waals surface area contributed by atoms with E-state index in [-0.39, 0.29) is 5.56 Å². The molecule has 14 heavy (non-hydrogen) atoms. The smallest absolute Gasteiger partial charge is 0.223 e. The van der Waals surface area contributed by atoms with Crippen molar-refractivity contribution in [2.75, 3.05) is 13.6 Å². The molecule has 0 aliphatic carbocycles. The quantitative estimate of drug-likeness (QED) is 0.579. The summed E-state index contributed by atoms with van der Waals surface area (Å²) in [4.78, 5) is 13.9. The van der Waals surface area contributed by atoms with Crippen molar-refractivity contribution >= 4 is 12.4 Å². The van der Waals surface area contributed by atoms with Gasteiger partial charge in [0.05, 0.1) is 5.56 Å². The Morgan fingerprint density at radius 2 is 2.43 bits per heavy atom. The van der Waals surface area contributed by atoms with Crippen molar-refractivity contribution in [1.82, 2.24) is 10.3 Å². The summed E-state index contributed by atoms with van der Waals surface area (Å²) < 4.78 is 12.8. The molecule has 1 rings (SSSR count). The third-order valence-electron chi connectivity index (χ3n) is 1.65. The molecule has 0 fully saturated rings. The zero-order chi connectivity index (χ0) is 10.4. The first-order valence-corrected chi connectivity index (χ1v) is 4.20. The molecule has 0 saturated carbocycles. The summed E-state index contributed by atoms with van der Waals surface area (Å²) in [5.74, 6) is -0.731. The van der Waals surface area contributed by atoms with Gasteiger partial charge in [-0.1, -0.05) is 12.2 Å². The van der Waals surface area contributed by atoms with Crippen molar-refractivity contribution in [2.24, 2.45) is 0 Å². The molecule has 0 aliphatic rings. The van der Waals surface area contributed by atoms with Gasteiger partial charge in [0, 0.05) is 12.7 Å². The van der Waals surface area contributed by atoms with Gasteiger partial charge in [-0.25, -0.2) is 4.98 Å². The highest BCUT2D eigenvalue weighted by atomic mass is 19.1. The highest BCUT2D eigenvalue weighted by molar-refractivity contribution is 5.75. The molecule has 1 N–H and O–H groups in total. The maximum Gasteiger partial charge on any atom is 0.223 e. The molecule has 3 nitrogen and oxygen atoms in total. The van der Waals surface area contributed by atoms with E-state index in [2.05, 4.69) is 10.3 Å². The topological polar surface area (TPSA) is 42.0 Å². The predicted molar refractivity (Wildman–Crippen MR) is 52.5 cm³/mol. The van der Waals surface area contributed by atoms with Crippen LogP contribution in [0.25, 0.3) is 6.08 Å². The fourth-order valence-corrected chi connectivity index (χ4v) is 0.969. The first-order valence-electron chi connectivity index (χ1n) is 4.20. The summed E-state index contributed by atoms with van der Waals surface area (Å²) >= 11 is 0. The van der Waals surface area contributed by atoms with E-state index in [1.54, 1.807) is 6.08 Å². The lowest BCUT2D eigenvalue weighted by Crippen LogP contribution is -2.03. The van der Waals surface area contributed by atoms with Gasteiger partial charge in [-0.2, -0.15) is 4.39 Å². The first-order chi connectivity index (χ1) is 6.77. The number of halogens is 1. The van der Waals surface area contributed by atoms with E-state index in [4.69, 9.17) is 0 Å². The number of likely N-dealkylation sites (N-methyl/N-ethyl adjacent to an activating group) is 1. The average molecular weight is 194 g/mol. The number of aromatic nitrogens is 1. The summed E-state index contributed by atoms with van der Waals surface area (Å²) in [6.45, 7) is 0.716. The van der Waals surface area contributed by atoms with Crippen LogP contribution in [0.2, 0.25) is 0 Å². The number of carbonyl (C=O) groups excluding carboxylic acids is 1. The van der Waals surface area contributed by atoms with Crippen molar-refractivity contribution in [3.63, 3.8) is 0 Å². The number of hydrogen-bond donors (Lipinski definition) is 1. The van der Waals surface area contributed by atoms with E-state index in [0.717, 1.165) is 0 Å². The van der Waals surface area contributed by atoms with Crippen molar-refractivity contribution in [3.05, 3.63) is 35.4 Å². The molecular formula is C10H11FN2O. The highest BCUT2D eigenvalue weighted by Gasteiger charge is 2.01. The normalized spacial score (nSPS) is 10.7. The minimum absolute atomic E-state index is 0.0170. The average Bonchev–Trinajstić information content (AvgIpc) is 2.21. The zero-order valence-electron chi connectivity index (χ0n) is 7.83. The van der Waals surface area contributed by atoms with Gasteiger partial charge < -0.3 is 5.32 Å². The molecule has 0 atom stereocenters. The van der Waals surface area contributed by atoms with Crippen LogP contribution in [0.5, 0.6) is 0 Å². The predicted octanol–water partition coefficient (Wildman–Crippen LogP) is 1.27. The Morgan fingerprint density at radius 1 is 1.64 bits per heavy atom. The highest BCUT2D eigenvalue weighted by Crippen LogP contribution is 2.06. The van der Waals surface area contributed by atoms with Crippen LogP contribution in [0.4, 0.5) is 4.39 Å². The van der Waals surface area contributed by atoms with Crippen molar-refractivity contribution < 1.29 is 9.18 Å². The Hall–Kier alpha value is -1.55. The van der Waals surface area contributed by atoms with Crippen LogP contribution < -0.4 is 5.32 Å². The van der Waals surface area contributed by atoms with Gasteiger partial charge in [0.25, 0.3) is 0 Å². The summed E-state index contributed by atoms with van der Waals surface area (Å²) in [5.41, 5.74) is 0.695. The lowest BCUT2D eigenvalue weighted by Gasteiger charge is -1.96. The molecule has 0 aromatic carbocycles. The third-order valence-corrected chi connectivity index (χ3v) is 1.65. The maximum atomic E-state index is 12.8. The van der Waals surface area contributed by atoms with E-state index >= 15 is 0 Å². The van der Waals surface area contributed by atoms with Crippen LogP contribution >= 0.6 is 0 Å². The number of pyridine rings is 1. The van der Waals surface area contributed by atoms with Gasteiger partial charge in [0.2, 0.25) is 5.95 Å². The van der Waals surface area contributed by atoms with Gasteiger partial charge in [-0.3, -0.25) is 4.79 Å². The van der Waals surface area contributed by atoms with Crippen molar-refractivity contribution in [1.29, 1.82) is 0 Å². The molecule has 1 aromatic heterocycles. The van der Waals surface area contributed by atoms with E-state index in [9.17, 15) is 9.18 Å². The number of nitrogens with one attached hydrogen (secondary N) is 1. The number of nitrogens with zero attached hydrogens (tertiary/aromatic N) is 1. The van der Waals surface area contributed by atoms with Gasteiger partial charge in [-0.05, 0) is 18.7 Å². The van der Waals surface area contributed by atoms with Crippen LogP contribution in [0.3, 0.4) is 0 Å². The zero-order valence-corrected chi connectivity index (χ0v) is 7.83. The van der Waals surface area contributed by atoms with Gasteiger partial charge in [0.1, 0.15) is 0 Å². The fourth-order valence-electron chi connectivity index (χ4n) is 0.969. The molecule has 0 saturated heterocycles. The van der Waals surface area contributed by atoms with Gasteiger partial charge in [-0.15, -0.1) is 0 Å². The molecule has 74 valence electrons. The van der Waals surface area contributed by atoms with Gasteiger partial charge in [0.15, 0.2) is 6.29 Å². The summed E-state index contributed by atoms with van der Waals surface area (Å²) in [6, 6.07) is 1.46. The fraction of sp³-hybridized carbons (Fsp3) is 0.200. The SMILES string of the molecule is CNCC=Cc1cnc(F)c(C=O)c1. The van der Waals surface area contributed by atoms with E-state index < -0.39 is 5.95 Å². The summed E-state index contributed by atoms with van der Waals surface area (Å²) in [7, 11) is 1.82. The molecule has 0 radical (unpaired) electrons. The van der Waals surface area contributed by atoms with Crippen LogP contribution in [-0.4, -0.2) is 24.9 Å². The van der Waals surface area contributed by atoms with Crippen LogP contribution in [0.15, 0.2) is 18.3 Å². The largest absolute Gasteiger partial charge is 0.316 e. The molecule has 0 bridgehead atoms. The Balaban J connectivity index is 2.84. The monoisotopic (exact) mass is 194 g/mol. The Kier molecular flexibility index (Phi) is 3.94. The minimum atomic E-state index is -0.731. The number of aldehydes is 1. The second-order valence-corrected chi connectivity index (χ2v) is 2.73. The molecule has 0 amide bonds. The summed E-state index contributed by atoms with van der Waals surface area (Å²) in [6.07, 6.45) is 5.48. The van der Waals surface area contributed by atoms with E-state index in [1.807, 2.05) is 13.1 Å². The molecule has 0 unspecified atom stereocenters. The molecule has 0 aliphatic heterocycles. The standard InChI is InChI=1S/C10H11FN2O/c1-12-4-2-3-8-5-9(7-14)10(11)13-6-8/h2-3,5-7,12H,4H2,1H3. The maximum absolute atomic E-state index is 12.8. The number of hydrogen-bond acceptors (Lipinski definition) is 3. The summed E-state index contributed by atoms with van der Waals surface area (Å²) in [5, 5.41) is 2.93. The van der Waals surface area contributed by atoms with E-state index in [0.29, 0.717) is 18.4 Å². The van der Waals surface area contributed by atoms with Crippen LogP contribution in [-0.2, 0) is 0 Å². The Labute approximate surface area is 81.7 Å². The second kappa shape index (κ2) is 5.24. The van der Waals surface area contributed by atoms with Crippen molar-refractivity contribution in [2.45, 2.75) is 0 Å². The lowest BCUT2D eigenvalue weighted by atomic mass is 10.2. The molecule has 1 heterocycles.